The molecule has 3 rings (SSSR count). The zero-order chi connectivity index (χ0) is 24.0. The number of nitrogens with two attached hydrogens (primary N) is 1. The van der Waals surface area contributed by atoms with Crippen molar-refractivity contribution in [2.24, 2.45) is 0 Å². The first kappa shape index (κ1) is 23.6. The van der Waals surface area contributed by atoms with Crippen molar-refractivity contribution in [3.63, 3.8) is 0 Å². The number of amides is 2. The second kappa shape index (κ2) is 8.14. The number of carbonyl (C=O) groups excluding carboxylic acids is 2. The second-order valence-corrected chi connectivity index (χ2v) is 8.94. The molecule has 0 bridgehead atoms. The van der Waals surface area contributed by atoms with Crippen molar-refractivity contribution in [1.82, 2.24) is 10.2 Å². The number of anilines is 1. The minimum absolute atomic E-state index is 0.00415. The summed E-state index contributed by atoms with van der Waals surface area (Å²) in [4.78, 5) is 26.6. The highest BCUT2D eigenvalue weighted by molar-refractivity contribution is 6.31. The number of aliphatic hydroxyl groups is 1. The van der Waals surface area contributed by atoms with Crippen LogP contribution in [0.4, 0.5) is 14.9 Å². The van der Waals surface area contributed by atoms with Gasteiger partial charge in [-0.2, -0.15) is 0 Å². The number of rotatable bonds is 4. The van der Waals surface area contributed by atoms with Crippen molar-refractivity contribution in [2.45, 2.75) is 38.6 Å². The number of halogens is 2. The van der Waals surface area contributed by atoms with Crippen LogP contribution in [0.25, 0.3) is 0 Å². The molecule has 2 amide bonds. The lowest BCUT2D eigenvalue weighted by molar-refractivity contribution is 0.0283. The van der Waals surface area contributed by atoms with E-state index in [9.17, 15) is 19.1 Å². The predicted octanol–water partition coefficient (Wildman–Crippen LogP) is 3.37. The number of methoxy groups -OCH3 is 1. The monoisotopic (exact) mass is 465 g/mol. The molecule has 4 N–H and O–H groups in total. The van der Waals surface area contributed by atoms with E-state index in [1.165, 1.54) is 31.2 Å². The van der Waals surface area contributed by atoms with Crippen molar-refractivity contribution >= 4 is 29.3 Å². The minimum atomic E-state index is -2.17. The summed E-state index contributed by atoms with van der Waals surface area (Å²) in [6.07, 6.45) is -0.578. The Labute approximate surface area is 190 Å². The molecule has 1 atom stereocenters. The molecular weight excluding hydrogens is 441 g/mol. The van der Waals surface area contributed by atoms with E-state index < -0.39 is 29.1 Å². The van der Waals surface area contributed by atoms with Gasteiger partial charge in [-0.25, -0.2) is 9.18 Å². The van der Waals surface area contributed by atoms with Gasteiger partial charge in [-0.3, -0.25) is 4.79 Å². The minimum Gasteiger partial charge on any atom is -0.496 e. The third-order valence-corrected chi connectivity index (χ3v) is 5.24. The molecule has 2 aromatic rings. The number of ether oxygens (including phenoxy) is 2. The van der Waals surface area contributed by atoms with Crippen molar-refractivity contribution < 1.29 is 28.6 Å². The summed E-state index contributed by atoms with van der Waals surface area (Å²) >= 11 is 6.19. The van der Waals surface area contributed by atoms with Crippen molar-refractivity contribution in [1.29, 1.82) is 0 Å². The van der Waals surface area contributed by atoms with Crippen LogP contribution in [0.2, 0.25) is 5.02 Å². The van der Waals surface area contributed by atoms with Crippen LogP contribution in [0.15, 0.2) is 24.3 Å². The zero-order valence-corrected chi connectivity index (χ0v) is 19.1. The SMILES string of the molecule is COc1c(CN(C)C(=O)OC(C)(C)C)cc(N)c2c1C(=O)NC2(O)c1cc(F)ccc1Cl. The van der Waals surface area contributed by atoms with E-state index >= 15 is 0 Å². The Morgan fingerprint density at radius 2 is 2.00 bits per heavy atom. The summed E-state index contributed by atoms with van der Waals surface area (Å²) < 4.78 is 24.7. The van der Waals surface area contributed by atoms with E-state index in [4.69, 9.17) is 26.8 Å². The first-order valence-electron chi connectivity index (χ1n) is 9.73. The molecule has 0 fully saturated rings. The average molecular weight is 466 g/mol. The Bertz CT molecular complexity index is 1100. The van der Waals surface area contributed by atoms with Gasteiger partial charge in [-0.1, -0.05) is 11.6 Å². The van der Waals surface area contributed by atoms with E-state index in [1.807, 2.05) is 0 Å². The number of benzene rings is 2. The van der Waals surface area contributed by atoms with Crippen molar-refractivity contribution in [2.75, 3.05) is 19.9 Å². The third kappa shape index (κ3) is 4.18. The summed E-state index contributed by atoms with van der Waals surface area (Å²) in [6.45, 7) is 5.25. The molecule has 0 aliphatic carbocycles. The van der Waals surface area contributed by atoms with Crippen LogP contribution in [-0.2, 0) is 17.0 Å². The van der Waals surface area contributed by atoms with Gasteiger partial charge in [-0.15, -0.1) is 0 Å². The summed E-state index contributed by atoms with van der Waals surface area (Å²) in [6, 6.07) is 4.91. The van der Waals surface area contributed by atoms with Crippen LogP contribution in [0.3, 0.4) is 0 Å². The van der Waals surface area contributed by atoms with Gasteiger partial charge in [0.1, 0.15) is 17.2 Å². The Morgan fingerprint density at radius 1 is 1.34 bits per heavy atom. The Balaban J connectivity index is 2.10. The molecule has 0 radical (unpaired) electrons. The lowest BCUT2D eigenvalue weighted by Crippen LogP contribution is -2.41. The predicted molar refractivity (Wildman–Crippen MR) is 117 cm³/mol. The van der Waals surface area contributed by atoms with Crippen LogP contribution >= 0.6 is 11.6 Å². The fraction of sp³-hybridized carbons (Fsp3) is 0.364. The number of nitrogens with one attached hydrogen (secondary N) is 1. The number of nitrogen functional groups attached to an aromatic ring is 1. The van der Waals surface area contributed by atoms with Gasteiger partial charge < -0.3 is 30.5 Å². The van der Waals surface area contributed by atoms with Crippen LogP contribution in [-0.4, -0.2) is 41.8 Å². The van der Waals surface area contributed by atoms with E-state index in [1.54, 1.807) is 20.8 Å². The maximum atomic E-state index is 13.9. The molecule has 0 spiro atoms. The van der Waals surface area contributed by atoms with Gasteiger partial charge in [0, 0.05) is 34.4 Å². The highest BCUT2D eigenvalue weighted by Gasteiger charge is 2.48. The maximum absolute atomic E-state index is 13.9. The molecule has 0 saturated carbocycles. The zero-order valence-electron chi connectivity index (χ0n) is 18.4. The lowest BCUT2D eigenvalue weighted by Gasteiger charge is -2.28. The second-order valence-electron chi connectivity index (χ2n) is 8.53. The number of carbonyl (C=O) groups is 2. The van der Waals surface area contributed by atoms with Gasteiger partial charge in [-0.05, 0) is 45.0 Å². The van der Waals surface area contributed by atoms with E-state index in [-0.39, 0.29) is 39.7 Å². The average Bonchev–Trinajstić information content (AvgIpc) is 2.94. The Morgan fingerprint density at radius 3 is 2.59 bits per heavy atom. The molecule has 172 valence electrons. The highest BCUT2D eigenvalue weighted by atomic mass is 35.5. The largest absolute Gasteiger partial charge is 0.496 e. The molecule has 1 aliphatic heterocycles. The topological polar surface area (TPSA) is 114 Å². The quantitative estimate of drug-likeness (QED) is 0.596. The summed E-state index contributed by atoms with van der Waals surface area (Å²) in [7, 11) is 2.88. The number of hydrogen-bond acceptors (Lipinski definition) is 6. The first-order chi connectivity index (χ1) is 14.8. The van der Waals surface area contributed by atoms with E-state index in [0.717, 1.165) is 12.1 Å². The molecule has 0 saturated heterocycles. The van der Waals surface area contributed by atoms with Gasteiger partial charge >= 0.3 is 6.09 Å². The Kier molecular flexibility index (Phi) is 6.01. The standard InChI is InChI=1S/C22H25ClFN3O5/c1-21(2,3)32-20(29)27(4)10-11-8-15(25)17-16(18(11)31-5)19(28)26-22(17,30)13-9-12(24)6-7-14(13)23/h6-9,30H,10,25H2,1-5H3,(H,26,28). The van der Waals surface area contributed by atoms with Gasteiger partial charge in [0.25, 0.3) is 5.91 Å². The molecular formula is C22H25ClFN3O5. The Hall–Kier alpha value is -3.04. The molecule has 2 aromatic carbocycles. The smallest absolute Gasteiger partial charge is 0.410 e. The summed E-state index contributed by atoms with van der Waals surface area (Å²) in [5.41, 5.74) is 3.73. The third-order valence-electron chi connectivity index (χ3n) is 4.91. The lowest BCUT2D eigenvalue weighted by atomic mass is 9.90. The van der Waals surface area contributed by atoms with Gasteiger partial charge in [0.05, 0.1) is 19.2 Å². The van der Waals surface area contributed by atoms with Crippen molar-refractivity contribution in [3.05, 3.63) is 57.4 Å². The molecule has 10 heteroatoms. The van der Waals surface area contributed by atoms with Gasteiger partial charge in [0.15, 0.2) is 5.72 Å². The number of nitrogens with zero attached hydrogens (tertiary/aromatic N) is 1. The first-order valence-corrected chi connectivity index (χ1v) is 10.1. The fourth-order valence-electron chi connectivity index (χ4n) is 3.63. The van der Waals surface area contributed by atoms with Crippen LogP contribution in [0, 0.1) is 5.82 Å². The van der Waals surface area contributed by atoms with Crippen LogP contribution in [0.5, 0.6) is 5.75 Å². The molecule has 1 heterocycles. The normalized spacial score (nSPS) is 17.6. The molecule has 1 unspecified atom stereocenters. The van der Waals surface area contributed by atoms with E-state index in [0.29, 0.717) is 5.56 Å². The van der Waals surface area contributed by atoms with Crippen LogP contribution < -0.4 is 15.8 Å². The van der Waals surface area contributed by atoms with E-state index in [2.05, 4.69) is 5.32 Å². The molecule has 1 aliphatic rings. The van der Waals surface area contributed by atoms with Crippen molar-refractivity contribution in [3.8, 4) is 5.75 Å². The number of fused-ring (bicyclic) bond motifs is 1. The maximum Gasteiger partial charge on any atom is 0.410 e. The van der Waals surface area contributed by atoms with Gasteiger partial charge in [0.2, 0.25) is 0 Å². The highest BCUT2D eigenvalue weighted by Crippen LogP contribution is 2.46. The summed E-state index contributed by atoms with van der Waals surface area (Å²) in [5, 5.41) is 13.8. The number of hydrogen-bond donors (Lipinski definition) is 3. The fourth-order valence-corrected chi connectivity index (χ4v) is 3.88. The molecule has 0 aromatic heterocycles. The molecule has 32 heavy (non-hydrogen) atoms. The summed E-state index contributed by atoms with van der Waals surface area (Å²) in [5.74, 6) is -1.22. The van der Waals surface area contributed by atoms with Crippen LogP contribution in [0.1, 0.15) is 47.8 Å². The molecule has 8 nitrogen and oxygen atoms in total.